The molecule has 7 heteroatoms. The van der Waals surface area contributed by atoms with Gasteiger partial charge in [-0.15, -0.1) is 11.8 Å². The highest BCUT2D eigenvalue weighted by Crippen LogP contribution is 2.36. The predicted octanol–water partition coefficient (Wildman–Crippen LogP) is 0.767. The van der Waals surface area contributed by atoms with E-state index in [0.29, 0.717) is 5.69 Å². The van der Waals surface area contributed by atoms with Crippen molar-refractivity contribution in [3.8, 4) is 0 Å². The van der Waals surface area contributed by atoms with Gasteiger partial charge >= 0.3 is 0 Å². The summed E-state index contributed by atoms with van der Waals surface area (Å²) in [5.41, 5.74) is 0.500. The number of nitrogens with one attached hydrogen (secondary N) is 1. The molecule has 0 fully saturated rings. The lowest BCUT2D eigenvalue weighted by atomic mass is 10.3. The van der Waals surface area contributed by atoms with Crippen LogP contribution in [0.1, 0.15) is 6.92 Å². The standard InChI is InChI=1S/C9H10N2O3S2/c1-5-9(12)11-7-4-6(16(10,13)14)2-3-8(7)15-5/h2-5H,1H3,(H,11,12)(H2,10,13,14). The highest BCUT2D eigenvalue weighted by molar-refractivity contribution is 8.01. The second-order valence-corrected chi connectivity index (χ2v) is 6.40. The number of thioether (sulfide) groups is 1. The average Bonchev–Trinajstić information content (AvgIpc) is 2.17. The van der Waals surface area contributed by atoms with E-state index in [1.54, 1.807) is 13.0 Å². The van der Waals surface area contributed by atoms with Gasteiger partial charge < -0.3 is 5.32 Å². The van der Waals surface area contributed by atoms with Crippen molar-refractivity contribution in [2.45, 2.75) is 22.0 Å². The Bertz CT molecular complexity index is 554. The van der Waals surface area contributed by atoms with Crippen molar-refractivity contribution < 1.29 is 13.2 Å². The zero-order valence-corrected chi connectivity index (χ0v) is 10.1. The van der Waals surface area contributed by atoms with Crippen LogP contribution in [-0.2, 0) is 14.8 Å². The summed E-state index contributed by atoms with van der Waals surface area (Å²) >= 11 is 1.39. The van der Waals surface area contributed by atoms with Crippen molar-refractivity contribution in [2.75, 3.05) is 5.32 Å². The molecule has 0 radical (unpaired) electrons. The zero-order chi connectivity index (χ0) is 11.9. The molecule has 0 saturated heterocycles. The molecule has 0 bridgehead atoms. The van der Waals surface area contributed by atoms with E-state index in [1.165, 1.54) is 23.9 Å². The minimum atomic E-state index is -3.73. The van der Waals surface area contributed by atoms with Crippen LogP contribution < -0.4 is 10.5 Å². The first-order chi connectivity index (χ1) is 7.38. The van der Waals surface area contributed by atoms with Gasteiger partial charge in [0.25, 0.3) is 0 Å². The SMILES string of the molecule is CC1Sc2ccc(S(N)(=O)=O)cc2NC1=O. The van der Waals surface area contributed by atoms with Gasteiger partial charge in [-0.3, -0.25) is 4.79 Å². The van der Waals surface area contributed by atoms with Crippen molar-refractivity contribution in [1.82, 2.24) is 0 Å². The van der Waals surface area contributed by atoms with Crippen molar-refractivity contribution >= 4 is 33.4 Å². The number of amides is 1. The highest BCUT2D eigenvalue weighted by atomic mass is 32.2. The monoisotopic (exact) mass is 258 g/mol. The molecular formula is C9H10N2O3S2. The fourth-order valence-corrected chi connectivity index (χ4v) is 2.84. The van der Waals surface area contributed by atoms with Crippen LogP contribution in [0.25, 0.3) is 0 Å². The van der Waals surface area contributed by atoms with Crippen LogP contribution in [0, 0.1) is 0 Å². The molecule has 5 nitrogen and oxygen atoms in total. The van der Waals surface area contributed by atoms with Gasteiger partial charge in [-0.25, -0.2) is 13.6 Å². The van der Waals surface area contributed by atoms with E-state index in [-0.39, 0.29) is 16.1 Å². The van der Waals surface area contributed by atoms with Crippen LogP contribution in [0.3, 0.4) is 0 Å². The maximum Gasteiger partial charge on any atom is 0.238 e. The van der Waals surface area contributed by atoms with E-state index < -0.39 is 10.0 Å². The van der Waals surface area contributed by atoms with Crippen LogP contribution >= 0.6 is 11.8 Å². The Kier molecular flexibility index (Phi) is 2.69. The average molecular weight is 258 g/mol. The number of anilines is 1. The van der Waals surface area contributed by atoms with E-state index in [9.17, 15) is 13.2 Å². The van der Waals surface area contributed by atoms with E-state index in [0.717, 1.165) is 4.90 Å². The molecule has 1 heterocycles. The predicted molar refractivity (Wildman–Crippen MR) is 61.8 cm³/mol. The van der Waals surface area contributed by atoms with Crippen LogP contribution in [-0.4, -0.2) is 19.6 Å². The summed E-state index contributed by atoms with van der Waals surface area (Å²) in [4.78, 5) is 12.3. The minimum absolute atomic E-state index is 0.00158. The van der Waals surface area contributed by atoms with Gasteiger partial charge in [0.1, 0.15) is 0 Å². The van der Waals surface area contributed by atoms with Crippen molar-refractivity contribution in [3.05, 3.63) is 18.2 Å². The zero-order valence-electron chi connectivity index (χ0n) is 8.43. The van der Waals surface area contributed by atoms with Crippen LogP contribution in [0.5, 0.6) is 0 Å². The number of sulfonamides is 1. The number of hydrogen-bond donors (Lipinski definition) is 2. The quantitative estimate of drug-likeness (QED) is 0.778. The smallest absolute Gasteiger partial charge is 0.238 e. The molecule has 0 aliphatic carbocycles. The van der Waals surface area contributed by atoms with Gasteiger partial charge in [0.15, 0.2) is 0 Å². The molecular weight excluding hydrogens is 248 g/mol. The lowest BCUT2D eigenvalue weighted by Gasteiger charge is -2.21. The first kappa shape index (κ1) is 11.4. The first-order valence-corrected chi connectivity index (χ1v) is 6.95. The van der Waals surface area contributed by atoms with E-state index >= 15 is 0 Å². The summed E-state index contributed by atoms with van der Waals surface area (Å²) in [6.45, 7) is 1.79. The number of nitrogens with two attached hydrogens (primary N) is 1. The van der Waals surface area contributed by atoms with Crippen LogP contribution in [0.2, 0.25) is 0 Å². The van der Waals surface area contributed by atoms with Crippen molar-refractivity contribution in [2.24, 2.45) is 5.14 Å². The Labute approximate surface area is 97.5 Å². The topological polar surface area (TPSA) is 89.3 Å². The molecule has 16 heavy (non-hydrogen) atoms. The Morgan fingerprint density at radius 2 is 2.12 bits per heavy atom. The number of hydrogen-bond acceptors (Lipinski definition) is 4. The molecule has 86 valence electrons. The van der Waals surface area contributed by atoms with Crippen molar-refractivity contribution in [1.29, 1.82) is 0 Å². The molecule has 0 aromatic heterocycles. The molecule has 1 amide bonds. The van der Waals surface area contributed by atoms with E-state index in [4.69, 9.17) is 5.14 Å². The number of carbonyl (C=O) groups is 1. The fourth-order valence-electron chi connectivity index (χ4n) is 1.36. The summed E-state index contributed by atoms with van der Waals surface area (Å²) in [6.07, 6.45) is 0. The van der Waals surface area contributed by atoms with Gasteiger partial charge in [-0.05, 0) is 25.1 Å². The number of primary sulfonamides is 1. The summed E-state index contributed by atoms with van der Waals surface area (Å²) in [5.74, 6) is -0.135. The summed E-state index contributed by atoms with van der Waals surface area (Å²) in [6, 6.07) is 4.46. The molecule has 1 aliphatic rings. The van der Waals surface area contributed by atoms with Gasteiger partial charge in [-0.1, -0.05) is 0 Å². The molecule has 0 saturated carbocycles. The molecule has 1 aromatic carbocycles. The first-order valence-electron chi connectivity index (χ1n) is 4.52. The Balaban J connectivity index is 2.48. The maximum absolute atomic E-state index is 11.4. The number of fused-ring (bicyclic) bond motifs is 1. The molecule has 1 atom stereocenters. The summed E-state index contributed by atoms with van der Waals surface area (Å²) < 4.78 is 22.2. The number of rotatable bonds is 1. The summed E-state index contributed by atoms with van der Waals surface area (Å²) in [5, 5.41) is 7.47. The van der Waals surface area contributed by atoms with Gasteiger partial charge in [0.2, 0.25) is 15.9 Å². The van der Waals surface area contributed by atoms with Crippen molar-refractivity contribution in [3.63, 3.8) is 0 Å². The molecule has 1 aliphatic heterocycles. The third kappa shape index (κ3) is 2.06. The summed E-state index contributed by atoms with van der Waals surface area (Å²) in [7, 11) is -3.73. The molecule has 1 unspecified atom stereocenters. The largest absolute Gasteiger partial charge is 0.324 e. The second kappa shape index (κ2) is 3.76. The lowest BCUT2D eigenvalue weighted by molar-refractivity contribution is -0.115. The fraction of sp³-hybridized carbons (Fsp3) is 0.222. The van der Waals surface area contributed by atoms with Crippen LogP contribution in [0.15, 0.2) is 28.0 Å². The molecule has 3 N–H and O–H groups in total. The van der Waals surface area contributed by atoms with Crippen LogP contribution in [0.4, 0.5) is 5.69 Å². The number of carbonyl (C=O) groups excluding carboxylic acids is 1. The molecule has 0 spiro atoms. The normalized spacial score (nSPS) is 20.1. The number of benzene rings is 1. The van der Waals surface area contributed by atoms with Gasteiger partial charge in [0.05, 0.1) is 15.8 Å². The third-order valence-electron chi connectivity index (χ3n) is 2.21. The maximum atomic E-state index is 11.4. The minimum Gasteiger partial charge on any atom is -0.324 e. The Morgan fingerprint density at radius 3 is 2.75 bits per heavy atom. The third-order valence-corrected chi connectivity index (χ3v) is 4.30. The Hall–Kier alpha value is -1.05. The van der Waals surface area contributed by atoms with E-state index in [1.807, 2.05) is 0 Å². The lowest BCUT2D eigenvalue weighted by Crippen LogP contribution is -2.26. The van der Waals surface area contributed by atoms with Gasteiger partial charge in [-0.2, -0.15) is 0 Å². The highest BCUT2D eigenvalue weighted by Gasteiger charge is 2.24. The second-order valence-electron chi connectivity index (χ2n) is 3.45. The van der Waals surface area contributed by atoms with Gasteiger partial charge in [0, 0.05) is 4.90 Å². The Morgan fingerprint density at radius 1 is 1.44 bits per heavy atom. The molecule has 2 rings (SSSR count). The van der Waals surface area contributed by atoms with E-state index in [2.05, 4.69) is 5.32 Å². The molecule has 1 aromatic rings.